The summed E-state index contributed by atoms with van der Waals surface area (Å²) in [6.45, 7) is 0. The summed E-state index contributed by atoms with van der Waals surface area (Å²) in [5.41, 5.74) is 6.77. The minimum atomic E-state index is 0.309. The summed E-state index contributed by atoms with van der Waals surface area (Å²) in [6, 6.07) is 1.76. The summed E-state index contributed by atoms with van der Waals surface area (Å²) in [4.78, 5) is 11.8. The first-order chi connectivity index (χ1) is 6.18. The highest BCUT2D eigenvalue weighted by Crippen LogP contribution is 2.24. The van der Waals surface area contributed by atoms with Crippen LogP contribution >= 0.6 is 27.5 Å². The first-order valence-electron chi connectivity index (χ1n) is 3.40. The van der Waals surface area contributed by atoms with E-state index in [0.29, 0.717) is 26.5 Å². The van der Waals surface area contributed by atoms with E-state index in [0.717, 1.165) is 0 Å². The molecule has 13 heavy (non-hydrogen) atoms. The van der Waals surface area contributed by atoms with Crippen LogP contribution in [0.3, 0.4) is 0 Å². The van der Waals surface area contributed by atoms with Crippen LogP contribution in [0.15, 0.2) is 16.9 Å². The maximum Gasteiger partial charge on any atom is 0.158 e. The zero-order valence-corrected chi connectivity index (χ0v) is 8.67. The van der Waals surface area contributed by atoms with Crippen LogP contribution in [-0.2, 0) is 0 Å². The predicted molar refractivity (Wildman–Crippen MR) is 54.5 cm³/mol. The third-order valence-corrected chi connectivity index (χ3v) is 2.46. The molecule has 2 N–H and O–H groups in total. The molecular formula is C7H4BrClN4. The molecule has 0 fully saturated rings. The Morgan fingerprint density at radius 3 is 2.92 bits per heavy atom. The molecule has 0 unspecified atom stereocenters. The lowest BCUT2D eigenvalue weighted by Gasteiger charge is -2.00. The van der Waals surface area contributed by atoms with E-state index in [4.69, 9.17) is 17.3 Å². The molecule has 0 aliphatic carbocycles. The van der Waals surface area contributed by atoms with Crippen molar-refractivity contribution in [3.8, 4) is 0 Å². The second-order valence-corrected chi connectivity index (χ2v) is 3.60. The van der Waals surface area contributed by atoms with E-state index in [9.17, 15) is 0 Å². The molecule has 0 spiro atoms. The minimum absolute atomic E-state index is 0.309. The third kappa shape index (κ3) is 1.45. The van der Waals surface area contributed by atoms with Crippen molar-refractivity contribution in [2.24, 2.45) is 0 Å². The maximum atomic E-state index is 5.80. The number of hydrogen-bond donors (Lipinski definition) is 1. The Labute approximate surface area is 87.3 Å². The maximum absolute atomic E-state index is 5.80. The Morgan fingerprint density at radius 1 is 1.38 bits per heavy atom. The summed E-state index contributed by atoms with van der Waals surface area (Å²) < 4.78 is 0.703. The molecule has 0 saturated heterocycles. The molecule has 0 aliphatic heterocycles. The van der Waals surface area contributed by atoms with Gasteiger partial charge in [-0.25, -0.2) is 15.0 Å². The molecule has 2 aromatic rings. The molecule has 2 aromatic heterocycles. The van der Waals surface area contributed by atoms with Gasteiger partial charge in [0.2, 0.25) is 0 Å². The first-order valence-corrected chi connectivity index (χ1v) is 4.58. The van der Waals surface area contributed by atoms with Crippen LogP contribution < -0.4 is 5.73 Å². The first kappa shape index (κ1) is 8.65. The second kappa shape index (κ2) is 3.08. The largest absolute Gasteiger partial charge is 0.383 e. The molecule has 0 aromatic carbocycles. The lowest BCUT2D eigenvalue weighted by molar-refractivity contribution is 1.20. The SMILES string of the molecule is Nc1nc2c(Cl)ncnc2cc1Br. The molecular weight excluding hydrogens is 255 g/mol. The highest BCUT2D eigenvalue weighted by Gasteiger charge is 2.05. The van der Waals surface area contributed by atoms with Gasteiger partial charge >= 0.3 is 0 Å². The Balaban J connectivity index is 2.89. The lowest BCUT2D eigenvalue weighted by Crippen LogP contribution is -1.94. The van der Waals surface area contributed by atoms with E-state index >= 15 is 0 Å². The fraction of sp³-hybridized carbons (Fsp3) is 0. The van der Waals surface area contributed by atoms with Crippen molar-refractivity contribution in [1.82, 2.24) is 15.0 Å². The summed E-state index contributed by atoms with van der Waals surface area (Å²) in [6.07, 6.45) is 1.38. The number of aromatic nitrogens is 3. The van der Waals surface area contributed by atoms with Crippen LogP contribution in [-0.4, -0.2) is 15.0 Å². The Hall–Kier alpha value is -0.940. The van der Waals surface area contributed by atoms with Gasteiger partial charge in [0.25, 0.3) is 0 Å². The number of nitrogens with zero attached hydrogens (tertiary/aromatic N) is 3. The van der Waals surface area contributed by atoms with Gasteiger partial charge in [0.1, 0.15) is 17.7 Å². The number of anilines is 1. The van der Waals surface area contributed by atoms with Gasteiger partial charge in [0.15, 0.2) is 5.15 Å². The molecule has 0 atom stereocenters. The van der Waals surface area contributed by atoms with Gasteiger partial charge in [-0.3, -0.25) is 0 Å². The molecule has 0 saturated carbocycles. The van der Waals surface area contributed by atoms with Crippen molar-refractivity contribution in [2.45, 2.75) is 0 Å². The van der Waals surface area contributed by atoms with E-state index in [1.54, 1.807) is 6.07 Å². The number of nitrogens with two attached hydrogens (primary N) is 1. The fourth-order valence-corrected chi connectivity index (χ4v) is 1.43. The molecule has 4 nitrogen and oxygen atoms in total. The van der Waals surface area contributed by atoms with Crippen molar-refractivity contribution >= 4 is 44.4 Å². The van der Waals surface area contributed by atoms with Crippen LogP contribution in [0.25, 0.3) is 11.0 Å². The van der Waals surface area contributed by atoms with Crippen LogP contribution in [0.4, 0.5) is 5.82 Å². The molecule has 0 aliphatic rings. The monoisotopic (exact) mass is 258 g/mol. The average molecular weight is 259 g/mol. The highest BCUT2D eigenvalue weighted by atomic mass is 79.9. The van der Waals surface area contributed by atoms with Gasteiger partial charge in [-0.1, -0.05) is 11.6 Å². The topological polar surface area (TPSA) is 64.7 Å². The van der Waals surface area contributed by atoms with E-state index in [1.807, 2.05) is 0 Å². The van der Waals surface area contributed by atoms with Crippen molar-refractivity contribution < 1.29 is 0 Å². The van der Waals surface area contributed by atoms with Gasteiger partial charge in [-0.2, -0.15) is 0 Å². The standard InChI is InChI=1S/C7H4BrClN4/c8-3-1-4-5(13-7(3)10)6(9)12-2-11-4/h1-2H,(H2,10,13). The van der Waals surface area contributed by atoms with E-state index in [1.165, 1.54) is 6.33 Å². The number of hydrogen-bond acceptors (Lipinski definition) is 4. The van der Waals surface area contributed by atoms with E-state index in [-0.39, 0.29) is 0 Å². The average Bonchev–Trinajstić information content (AvgIpc) is 2.09. The normalized spacial score (nSPS) is 10.6. The molecule has 2 heterocycles. The van der Waals surface area contributed by atoms with Crippen LogP contribution in [0, 0.1) is 0 Å². The van der Waals surface area contributed by atoms with Crippen molar-refractivity contribution in [2.75, 3.05) is 5.73 Å². The van der Waals surface area contributed by atoms with Crippen molar-refractivity contribution in [1.29, 1.82) is 0 Å². The quantitative estimate of drug-likeness (QED) is 0.735. The van der Waals surface area contributed by atoms with Crippen LogP contribution in [0.5, 0.6) is 0 Å². The second-order valence-electron chi connectivity index (χ2n) is 2.39. The number of halogens is 2. The molecule has 0 amide bonds. The number of pyridine rings is 1. The van der Waals surface area contributed by atoms with Gasteiger partial charge in [-0.05, 0) is 22.0 Å². The zero-order valence-electron chi connectivity index (χ0n) is 6.33. The summed E-state index contributed by atoms with van der Waals surface area (Å²) in [5, 5.41) is 0.309. The van der Waals surface area contributed by atoms with Gasteiger partial charge in [0.05, 0.1) is 9.99 Å². The molecule has 66 valence electrons. The molecule has 0 radical (unpaired) electrons. The van der Waals surface area contributed by atoms with Gasteiger partial charge < -0.3 is 5.73 Å². The Kier molecular flexibility index (Phi) is 2.05. The van der Waals surface area contributed by atoms with Crippen molar-refractivity contribution in [3.05, 3.63) is 22.0 Å². The predicted octanol–water partition coefficient (Wildman–Crippen LogP) is 2.02. The lowest BCUT2D eigenvalue weighted by atomic mass is 10.3. The van der Waals surface area contributed by atoms with Crippen LogP contribution in [0.2, 0.25) is 5.15 Å². The summed E-state index contributed by atoms with van der Waals surface area (Å²) in [5.74, 6) is 0.379. The smallest absolute Gasteiger partial charge is 0.158 e. The number of nitrogen functional groups attached to an aromatic ring is 1. The number of fused-ring (bicyclic) bond motifs is 1. The van der Waals surface area contributed by atoms with E-state index < -0.39 is 0 Å². The minimum Gasteiger partial charge on any atom is -0.383 e. The van der Waals surface area contributed by atoms with E-state index in [2.05, 4.69) is 30.9 Å². The molecule has 6 heteroatoms. The number of rotatable bonds is 0. The fourth-order valence-electron chi connectivity index (χ4n) is 0.947. The molecule has 0 bridgehead atoms. The summed E-state index contributed by atoms with van der Waals surface area (Å²) >= 11 is 9.05. The molecule has 2 rings (SSSR count). The van der Waals surface area contributed by atoms with Crippen molar-refractivity contribution in [3.63, 3.8) is 0 Å². The van der Waals surface area contributed by atoms with Crippen LogP contribution in [0.1, 0.15) is 0 Å². The third-order valence-electron chi connectivity index (χ3n) is 1.55. The van der Waals surface area contributed by atoms with Gasteiger partial charge in [-0.15, -0.1) is 0 Å². The van der Waals surface area contributed by atoms with Gasteiger partial charge in [0, 0.05) is 0 Å². The zero-order chi connectivity index (χ0) is 9.42. The Morgan fingerprint density at radius 2 is 2.15 bits per heavy atom. The summed E-state index contributed by atoms with van der Waals surface area (Å²) in [7, 11) is 0. The Bertz CT molecular complexity index is 473. The highest BCUT2D eigenvalue weighted by molar-refractivity contribution is 9.10.